The van der Waals surface area contributed by atoms with E-state index in [0.29, 0.717) is 29.6 Å². The highest BCUT2D eigenvalue weighted by Crippen LogP contribution is 2.29. The van der Waals surface area contributed by atoms with Crippen LogP contribution in [0.25, 0.3) is 0 Å². The van der Waals surface area contributed by atoms with Gasteiger partial charge in [0.25, 0.3) is 0 Å². The first-order chi connectivity index (χ1) is 9.15. The lowest BCUT2D eigenvalue weighted by Gasteiger charge is -2.18. The van der Waals surface area contributed by atoms with Crippen molar-refractivity contribution in [2.24, 2.45) is 5.92 Å². The second-order valence-corrected chi connectivity index (χ2v) is 4.82. The van der Waals surface area contributed by atoms with Crippen LogP contribution in [0.3, 0.4) is 0 Å². The zero-order chi connectivity index (χ0) is 13.8. The predicted octanol–water partition coefficient (Wildman–Crippen LogP) is 2.64. The maximum atomic E-state index is 13.8. The Labute approximate surface area is 113 Å². The van der Waals surface area contributed by atoms with Crippen molar-refractivity contribution < 1.29 is 13.9 Å². The first-order valence-corrected chi connectivity index (χ1v) is 6.64. The molecular formula is C14H21FN2O2. The van der Waals surface area contributed by atoms with Crippen molar-refractivity contribution in [1.82, 2.24) is 0 Å². The van der Waals surface area contributed by atoms with E-state index in [2.05, 4.69) is 12.2 Å². The number of anilines is 2. The Hall–Kier alpha value is -1.49. The van der Waals surface area contributed by atoms with Gasteiger partial charge in [0, 0.05) is 31.2 Å². The number of nitrogen functional groups attached to an aromatic ring is 1. The highest BCUT2D eigenvalue weighted by atomic mass is 19.1. The van der Waals surface area contributed by atoms with Gasteiger partial charge in [0.05, 0.1) is 24.6 Å². The van der Waals surface area contributed by atoms with Crippen LogP contribution >= 0.6 is 0 Å². The normalized spacial score (nSPS) is 22.5. The molecule has 1 aliphatic heterocycles. The summed E-state index contributed by atoms with van der Waals surface area (Å²) in [6.45, 7) is 3.59. The Morgan fingerprint density at radius 2 is 2.32 bits per heavy atom. The molecule has 1 fully saturated rings. The maximum Gasteiger partial charge on any atom is 0.148 e. The summed E-state index contributed by atoms with van der Waals surface area (Å²) in [7, 11) is 1.52. The minimum Gasteiger partial charge on any atom is -0.495 e. The summed E-state index contributed by atoms with van der Waals surface area (Å²) in [6, 6.07) is 2.88. The van der Waals surface area contributed by atoms with Crippen molar-refractivity contribution >= 4 is 11.4 Å². The molecular weight excluding hydrogens is 247 g/mol. The number of hydrogen-bond acceptors (Lipinski definition) is 4. The average Bonchev–Trinajstić information content (AvgIpc) is 2.85. The van der Waals surface area contributed by atoms with Gasteiger partial charge in [0.1, 0.15) is 11.6 Å². The van der Waals surface area contributed by atoms with E-state index in [1.165, 1.54) is 13.2 Å². The fourth-order valence-corrected chi connectivity index (χ4v) is 2.50. The van der Waals surface area contributed by atoms with Crippen LogP contribution in [0.15, 0.2) is 12.1 Å². The summed E-state index contributed by atoms with van der Waals surface area (Å²) in [6.07, 6.45) is 2.27. The van der Waals surface area contributed by atoms with E-state index in [4.69, 9.17) is 15.2 Å². The average molecular weight is 268 g/mol. The molecule has 0 aromatic heterocycles. The molecule has 2 unspecified atom stereocenters. The lowest BCUT2D eigenvalue weighted by molar-refractivity contribution is 0.0900. The van der Waals surface area contributed by atoms with Gasteiger partial charge in [0.15, 0.2) is 0 Å². The minimum absolute atomic E-state index is 0.270. The predicted molar refractivity (Wildman–Crippen MR) is 74.0 cm³/mol. The smallest absolute Gasteiger partial charge is 0.148 e. The number of rotatable bonds is 5. The number of nitrogens with one attached hydrogen (secondary N) is 1. The van der Waals surface area contributed by atoms with Crippen LogP contribution in [0.1, 0.15) is 19.8 Å². The molecule has 5 heteroatoms. The molecule has 0 saturated carbocycles. The number of hydrogen-bond donors (Lipinski definition) is 2. The van der Waals surface area contributed by atoms with Gasteiger partial charge >= 0.3 is 0 Å². The van der Waals surface area contributed by atoms with Crippen LogP contribution in [-0.2, 0) is 4.74 Å². The van der Waals surface area contributed by atoms with Gasteiger partial charge in [-0.05, 0) is 12.8 Å². The number of nitrogens with two attached hydrogens (primary N) is 1. The fraction of sp³-hybridized carbons (Fsp3) is 0.571. The Bertz CT molecular complexity index is 440. The molecule has 3 N–H and O–H groups in total. The van der Waals surface area contributed by atoms with Crippen LogP contribution in [0.2, 0.25) is 0 Å². The van der Waals surface area contributed by atoms with Crippen molar-refractivity contribution in [2.75, 3.05) is 31.3 Å². The largest absolute Gasteiger partial charge is 0.495 e. The molecule has 106 valence electrons. The highest BCUT2D eigenvalue weighted by Gasteiger charge is 2.26. The summed E-state index contributed by atoms with van der Waals surface area (Å²) in [5.41, 5.74) is 6.38. The van der Waals surface area contributed by atoms with E-state index in [1.807, 2.05) is 0 Å². The van der Waals surface area contributed by atoms with E-state index in [1.54, 1.807) is 6.07 Å². The lowest BCUT2D eigenvalue weighted by atomic mass is 9.99. The third-order valence-corrected chi connectivity index (χ3v) is 3.62. The van der Waals surface area contributed by atoms with Gasteiger partial charge in [-0.3, -0.25) is 0 Å². The van der Waals surface area contributed by atoms with Crippen molar-refractivity contribution in [1.29, 1.82) is 0 Å². The molecule has 1 aromatic rings. The number of ether oxygens (including phenoxy) is 2. The van der Waals surface area contributed by atoms with Crippen LogP contribution in [0.4, 0.5) is 15.8 Å². The second-order valence-electron chi connectivity index (χ2n) is 4.82. The maximum absolute atomic E-state index is 13.8. The Morgan fingerprint density at radius 1 is 1.53 bits per heavy atom. The number of halogens is 1. The van der Waals surface area contributed by atoms with Crippen LogP contribution in [-0.4, -0.2) is 26.4 Å². The number of benzene rings is 1. The third-order valence-electron chi connectivity index (χ3n) is 3.62. The summed E-state index contributed by atoms with van der Waals surface area (Å²) in [4.78, 5) is 0. The SMILES string of the molecule is CCC1OCCC1CNc1cc(OC)c(N)cc1F. The fourth-order valence-electron chi connectivity index (χ4n) is 2.50. The van der Waals surface area contributed by atoms with E-state index in [-0.39, 0.29) is 11.9 Å². The summed E-state index contributed by atoms with van der Waals surface area (Å²) >= 11 is 0. The minimum atomic E-state index is -0.356. The molecule has 1 aliphatic rings. The molecule has 1 saturated heterocycles. The third kappa shape index (κ3) is 3.10. The molecule has 19 heavy (non-hydrogen) atoms. The van der Waals surface area contributed by atoms with Gasteiger partial charge in [0.2, 0.25) is 0 Å². The highest BCUT2D eigenvalue weighted by molar-refractivity contribution is 5.62. The van der Waals surface area contributed by atoms with Gasteiger partial charge in [-0.1, -0.05) is 6.92 Å². The van der Waals surface area contributed by atoms with Crippen LogP contribution < -0.4 is 15.8 Å². The Kier molecular flexibility index (Phi) is 4.47. The quantitative estimate of drug-likeness (QED) is 0.806. The Balaban J connectivity index is 2.03. The molecule has 0 bridgehead atoms. The molecule has 4 nitrogen and oxygen atoms in total. The van der Waals surface area contributed by atoms with E-state index >= 15 is 0 Å². The topological polar surface area (TPSA) is 56.5 Å². The van der Waals surface area contributed by atoms with Crippen molar-refractivity contribution in [2.45, 2.75) is 25.9 Å². The van der Waals surface area contributed by atoms with Crippen molar-refractivity contribution in [3.63, 3.8) is 0 Å². The zero-order valence-electron chi connectivity index (χ0n) is 11.4. The van der Waals surface area contributed by atoms with E-state index < -0.39 is 0 Å². The summed E-state index contributed by atoms with van der Waals surface area (Å²) in [5, 5.41) is 3.13. The van der Waals surface area contributed by atoms with Gasteiger partial charge in [-0.25, -0.2) is 4.39 Å². The van der Waals surface area contributed by atoms with Gasteiger partial charge in [-0.2, -0.15) is 0 Å². The monoisotopic (exact) mass is 268 g/mol. The van der Waals surface area contributed by atoms with Crippen LogP contribution in [0.5, 0.6) is 5.75 Å². The molecule has 1 heterocycles. The second kappa shape index (κ2) is 6.10. The zero-order valence-corrected chi connectivity index (χ0v) is 11.4. The summed E-state index contributed by atoms with van der Waals surface area (Å²) < 4.78 is 24.5. The molecule has 0 spiro atoms. The van der Waals surface area contributed by atoms with Crippen molar-refractivity contribution in [3.8, 4) is 5.75 Å². The molecule has 0 aliphatic carbocycles. The number of methoxy groups -OCH3 is 1. The lowest BCUT2D eigenvalue weighted by Crippen LogP contribution is -2.23. The first-order valence-electron chi connectivity index (χ1n) is 6.64. The van der Waals surface area contributed by atoms with Crippen LogP contribution in [0, 0.1) is 11.7 Å². The molecule has 0 amide bonds. The molecule has 0 radical (unpaired) electrons. The van der Waals surface area contributed by atoms with Gasteiger partial charge < -0.3 is 20.5 Å². The summed E-state index contributed by atoms with van der Waals surface area (Å²) in [5.74, 6) is 0.553. The standard InChI is InChI=1S/C14H21FN2O2/c1-3-13-9(4-5-19-13)8-17-12-7-14(18-2)11(16)6-10(12)15/h6-7,9,13,17H,3-5,8,16H2,1-2H3. The molecule has 2 rings (SSSR count). The first kappa shape index (κ1) is 13.9. The van der Waals surface area contributed by atoms with E-state index in [9.17, 15) is 4.39 Å². The molecule has 1 aromatic carbocycles. The van der Waals surface area contributed by atoms with Gasteiger partial charge in [-0.15, -0.1) is 0 Å². The van der Waals surface area contributed by atoms with E-state index in [0.717, 1.165) is 19.4 Å². The Morgan fingerprint density at radius 3 is 3.00 bits per heavy atom. The van der Waals surface area contributed by atoms with Crippen molar-refractivity contribution in [3.05, 3.63) is 17.9 Å². The molecule has 2 atom stereocenters.